The lowest BCUT2D eigenvalue weighted by atomic mass is 9.85. The molecular weight excluding hydrogens is 305 g/mol. The van der Waals surface area contributed by atoms with Crippen molar-refractivity contribution in [2.75, 3.05) is 0 Å². The quantitative estimate of drug-likeness (QED) is 0.667. The maximum absolute atomic E-state index is 13.2. The molecule has 0 N–H and O–H groups in total. The van der Waals surface area contributed by atoms with E-state index >= 15 is 0 Å². The number of hydrogen-bond donors (Lipinski definition) is 0. The van der Waals surface area contributed by atoms with Gasteiger partial charge in [-0.25, -0.2) is 0 Å². The summed E-state index contributed by atoms with van der Waals surface area (Å²) in [6.07, 6.45) is -5.21. The van der Waals surface area contributed by atoms with Crippen LogP contribution in [-0.2, 0) is 21.1 Å². The van der Waals surface area contributed by atoms with Gasteiger partial charge < -0.3 is 9.47 Å². The van der Waals surface area contributed by atoms with Gasteiger partial charge in [-0.3, -0.25) is 0 Å². The third kappa shape index (κ3) is 3.56. The van der Waals surface area contributed by atoms with E-state index in [2.05, 4.69) is 0 Å². The highest BCUT2D eigenvalue weighted by Crippen LogP contribution is 2.46. The number of rotatable bonds is 1. The zero-order valence-electron chi connectivity index (χ0n) is 14.8. The molecule has 0 aromatic heterocycles. The fraction of sp³-hybridized carbons (Fsp3) is 0.667. The van der Waals surface area contributed by atoms with Gasteiger partial charge in [0.05, 0.1) is 16.8 Å². The zero-order valence-corrected chi connectivity index (χ0v) is 14.8. The fourth-order valence-corrected chi connectivity index (χ4v) is 2.36. The van der Waals surface area contributed by atoms with Crippen LogP contribution in [-0.4, -0.2) is 11.2 Å². The number of alkyl halides is 3. The molecule has 1 aromatic carbocycles. The first-order chi connectivity index (χ1) is 10.1. The van der Waals surface area contributed by atoms with Crippen LogP contribution >= 0.6 is 0 Å². The van der Waals surface area contributed by atoms with Gasteiger partial charge in [0.1, 0.15) is 0 Å². The van der Waals surface area contributed by atoms with Gasteiger partial charge in [0.25, 0.3) is 0 Å². The summed E-state index contributed by atoms with van der Waals surface area (Å²) in [5.41, 5.74) is -1.24. The first kappa shape index (κ1) is 18.3. The molecule has 2 rings (SSSR count). The largest absolute Gasteiger partial charge is 0.416 e. The van der Waals surface area contributed by atoms with Crippen molar-refractivity contribution in [1.29, 1.82) is 0 Å². The fourth-order valence-electron chi connectivity index (χ4n) is 2.36. The van der Waals surface area contributed by atoms with Crippen LogP contribution in [0.15, 0.2) is 18.2 Å². The van der Waals surface area contributed by atoms with E-state index in [1.807, 2.05) is 48.5 Å². The Morgan fingerprint density at radius 3 is 1.65 bits per heavy atom. The third-order valence-corrected chi connectivity index (χ3v) is 4.67. The Labute approximate surface area is 136 Å². The van der Waals surface area contributed by atoms with Gasteiger partial charge in [-0.15, -0.1) is 0 Å². The molecule has 0 saturated carbocycles. The third-order valence-electron chi connectivity index (χ3n) is 4.67. The van der Waals surface area contributed by atoms with E-state index in [-0.39, 0.29) is 0 Å². The Bertz CT molecular complexity index is 547. The standard InChI is InChI=1S/C18H25F3O2/c1-15(2,3)12-8-11(9-13(10-12)18(19,20)21)14-22-16(4,5)17(6,7)23-14/h8-10,14H,1-7H3. The second-order valence-corrected chi connectivity index (χ2v) is 8.18. The van der Waals surface area contributed by atoms with Crippen molar-refractivity contribution in [3.63, 3.8) is 0 Å². The second-order valence-electron chi connectivity index (χ2n) is 8.18. The molecule has 1 aromatic rings. The molecule has 0 amide bonds. The summed E-state index contributed by atoms with van der Waals surface area (Å²) in [5.74, 6) is 0. The minimum absolute atomic E-state index is 0.403. The minimum atomic E-state index is -4.40. The Morgan fingerprint density at radius 2 is 1.26 bits per heavy atom. The SMILES string of the molecule is CC(C)(C)c1cc(C2OC(C)(C)C(C)(C)O2)cc(C(F)(F)F)c1. The van der Waals surface area contributed by atoms with Gasteiger partial charge >= 0.3 is 6.18 Å². The number of hydrogen-bond acceptors (Lipinski definition) is 2. The highest BCUT2D eigenvalue weighted by Gasteiger charge is 2.50. The molecule has 130 valence electrons. The molecular formula is C18H25F3O2. The van der Waals surface area contributed by atoms with Crippen molar-refractivity contribution >= 4 is 0 Å². The van der Waals surface area contributed by atoms with Crippen molar-refractivity contribution in [3.05, 3.63) is 34.9 Å². The molecule has 0 spiro atoms. The summed E-state index contributed by atoms with van der Waals surface area (Å²) in [6.45, 7) is 13.2. The Morgan fingerprint density at radius 1 is 0.826 bits per heavy atom. The van der Waals surface area contributed by atoms with E-state index < -0.39 is 34.6 Å². The molecule has 0 bridgehead atoms. The lowest BCUT2D eigenvalue weighted by Crippen LogP contribution is -2.41. The van der Waals surface area contributed by atoms with Crippen LogP contribution in [0.25, 0.3) is 0 Å². The van der Waals surface area contributed by atoms with E-state index in [4.69, 9.17) is 9.47 Å². The summed E-state index contributed by atoms with van der Waals surface area (Å²) < 4.78 is 51.5. The molecule has 1 aliphatic heterocycles. The molecule has 0 unspecified atom stereocenters. The monoisotopic (exact) mass is 330 g/mol. The summed E-state index contributed by atoms with van der Waals surface area (Å²) in [5, 5.41) is 0. The van der Waals surface area contributed by atoms with E-state index in [0.29, 0.717) is 11.1 Å². The van der Waals surface area contributed by atoms with Gasteiger partial charge in [0.15, 0.2) is 6.29 Å². The van der Waals surface area contributed by atoms with Crippen LogP contribution in [0, 0.1) is 0 Å². The van der Waals surface area contributed by atoms with Gasteiger partial charge in [0.2, 0.25) is 0 Å². The Kier molecular flexibility index (Phi) is 4.14. The van der Waals surface area contributed by atoms with Gasteiger partial charge in [-0.1, -0.05) is 26.8 Å². The molecule has 1 heterocycles. The molecule has 1 aliphatic rings. The molecule has 0 radical (unpaired) electrons. The van der Waals surface area contributed by atoms with E-state index in [9.17, 15) is 13.2 Å². The van der Waals surface area contributed by atoms with Crippen molar-refractivity contribution < 1.29 is 22.6 Å². The first-order valence-corrected chi connectivity index (χ1v) is 7.72. The number of halogens is 3. The lowest BCUT2D eigenvalue weighted by Gasteiger charge is -2.30. The molecule has 2 nitrogen and oxygen atoms in total. The van der Waals surface area contributed by atoms with E-state index in [1.165, 1.54) is 6.07 Å². The first-order valence-electron chi connectivity index (χ1n) is 7.72. The highest BCUT2D eigenvalue weighted by atomic mass is 19.4. The maximum Gasteiger partial charge on any atom is 0.416 e. The second kappa shape index (κ2) is 5.21. The highest BCUT2D eigenvalue weighted by molar-refractivity contribution is 5.36. The van der Waals surface area contributed by atoms with Crippen LogP contribution in [0.5, 0.6) is 0 Å². The van der Waals surface area contributed by atoms with Gasteiger partial charge in [-0.2, -0.15) is 13.2 Å². The topological polar surface area (TPSA) is 18.5 Å². The van der Waals surface area contributed by atoms with Crippen molar-refractivity contribution in [2.45, 2.75) is 77.5 Å². The summed E-state index contributed by atoms with van der Waals surface area (Å²) >= 11 is 0. The summed E-state index contributed by atoms with van der Waals surface area (Å²) in [6, 6.07) is 4.07. The van der Waals surface area contributed by atoms with Crippen molar-refractivity contribution in [2.24, 2.45) is 0 Å². The molecule has 0 atom stereocenters. The van der Waals surface area contributed by atoms with Gasteiger partial charge in [0, 0.05) is 5.56 Å². The summed E-state index contributed by atoms with van der Waals surface area (Å²) in [7, 11) is 0. The molecule has 0 aliphatic carbocycles. The minimum Gasteiger partial charge on any atom is -0.339 e. The average molecular weight is 330 g/mol. The summed E-state index contributed by atoms with van der Waals surface area (Å²) in [4.78, 5) is 0. The number of ether oxygens (including phenoxy) is 2. The Balaban J connectivity index is 2.51. The maximum atomic E-state index is 13.2. The van der Waals surface area contributed by atoms with Crippen LogP contribution < -0.4 is 0 Å². The van der Waals surface area contributed by atoms with Crippen LogP contribution in [0.4, 0.5) is 13.2 Å². The smallest absolute Gasteiger partial charge is 0.339 e. The molecule has 5 heteroatoms. The van der Waals surface area contributed by atoms with E-state index in [1.54, 1.807) is 6.07 Å². The molecule has 23 heavy (non-hydrogen) atoms. The van der Waals surface area contributed by atoms with Crippen LogP contribution in [0.3, 0.4) is 0 Å². The van der Waals surface area contributed by atoms with Crippen molar-refractivity contribution in [1.82, 2.24) is 0 Å². The lowest BCUT2D eigenvalue weighted by molar-refractivity contribution is -0.138. The van der Waals surface area contributed by atoms with E-state index in [0.717, 1.165) is 6.07 Å². The zero-order chi connectivity index (χ0) is 17.8. The Hall–Kier alpha value is -1.07. The predicted molar refractivity (Wildman–Crippen MR) is 83.2 cm³/mol. The normalized spacial score (nSPS) is 21.7. The number of benzene rings is 1. The van der Waals surface area contributed by atoms with Gasteiger partial charge in [-0.05, 0) is 50.8 Å². The average Bonchev–Trinajstić information content (AvgIpc) is 2.56. The van der Waals surface area contributed by atoms with Crippen molar-refractivity contribution in [3.8, 4) is 0 Å². The molecule has 1 saturated heterocycles. The molecule has 1 fully saturated rings. The predicted octanol–water partition coefficient (Wildman–Crippen LogP) is 5.61. The van der Waals surface area contributed by atoms with Crippen LogP contribution in [0.2, 0.25) is 0 Å². The van der Waals surface area contributed by atoms with Crippen LogP contribution in [0.1, 0.15) is 71.4 Å².